The Kier molecular flexibility index (Phi) is 19.2. The molecule has 0 saturated carbocycles. The van der Waals surface area contributed by atoms with Crippen molar-refractivity contribution >= 4 is 46.3 Å². The Labute approximate surface area is 317 Å². The monoisotopic (exact) mass is 837 g/mol. The van der Waals surface area contributed by atoms with Crippen LogP contribution in [0.1, 0.15) is 74.1 Å². The average molecular weight is 838 g/mol. The smallest absolute Gasteiger partial charge is 0.308 e. The van der Waals surface area contributed by atoms with Crippen LogP contribution in [0.15, 0.2) is 23.8 Å². The highest BCUT2D eigenvalue weighted by Crippen LogP contribution is 2.37. The fourth-order valence-electron chi connectivity index (χ4n) is 6.94. The molecule has 0 radical (unpaired) electrons. The predicted octanol–water partition coefficient (Wildman–Crippen LogP) is 4.41. The molecule has 0 bridgehead atoms. The first-order chi connectivity index (χ1) is 24.0. The van der Waals surface area contributed by atoms with Crippen LogP contribution in [-0.2, 0) is 52.3 Å². The molecule has 13 nitrogen and oxygen atoms in total. The third kappa shape index (κ3) is 13.4. The topological polar surface area (TPSA) is 156 Å². The molecule has 1 fully saturated rings. The number of ketones is 1. The third-order valence-corrected chi connectivity index (χ3v) is 10.7. The number of halogens is 1. The lowest BCUT2D eigenvalue weighted by molar-refractivity contribution is -0.309. The zero-order valence-corrected chi connectivity index (χ0v) is 34.2. The van der Waals surface area contributed by atoms with E-state index in [1.807, 2.05) is 26.8 Å². The lowest BCUT2D eigenvalue weighted by atomic mass is 9.79. The summed E-state index contributed by atoms with van der Waals surface area (Å²) < 4.78 is 42.4. The lowest BCUT2D eigenvalue weighted by Gasteiger charge is -2.48. The Hall–Kier alpha value is -1.95. The van der Waals surface area contributed by atoms with Crippen LogP contribution in [-0.4, -0.2) is 122 Å². The number of allylic oxidation sites excluding steroid dienone is 3. The number of hydrogen-bond acceptors (Lipinski definition) is 13. The maximum Gasteiger partial charge on any atom is 0.308 e. The fourth-order valence-corrected chi connectivity index (χ4v) is 7.76. The molecule has 2 heterocycles. The van der Waals surface area contributed by atoms with E-state index in [2.05, 4.69) is 22.6 Å². The quantitative estimate of drug-likeness (QED) is 0.103. The number of ether oxygens (including phenoxy) is 7. The van der Waals surface area contributed by atoms with Crippen LogP contribution >= 0.6 is 22.6 Å². The summed E-state index contributed by atoms with van der Waals surface area (Å²) in [6, 6.07) is -0.671. The van der Waals surface area contributed by atoms with Crippen molar-refractivity contribution in [2.75, 3.05) is 32.7 Å². The average Bonchev–Trinajstić information content (AvgIpc) is 3.06. The second kappa shape index (κ2) is 21.7. The Bertz CT molecular complexity index is 1210. The molecule has 51 heavy (non-hydrogen) atoms. The van der Waals surface area contributed by atoms with Gasteiger partial charge in [-0.3, -0.25) is 24.1 Å². The number of hydrogen-bond donors (Lipinski definition) is 1. The van der Waals surface area contributed by atoms with Gasteiger partial charge in [-0.1, -0.05) is 61.1 Å². The second-order valence-electron chi connectivity index (χ2n) is 14.0. The lowest BCUT2D eigenvalue weighted by Crippen LogP contribution is -2.65. The molecule has 12 atom stereocenters. The van der Waals surface area contributed by atoms with E-state index in [9.17, 15) is 24.3 Å². The summed E-state index contributed by atoms with van der Waals surface area (Å²) in [6.07, 6.45) is -0.845. The highest BCUT2D eigenvalue weighted by atomic mass is 127. The molecule has 292 valence electrons. The summed E-state index contributed by atoms with van der Waals surface area (Å²) in [6.45, 7) is 11.7. The number of rotatable bonds is 11. The number of carbonyl (C=O) groups is 4. The molecule has 1 N–H and O–H groups in total. The molecule has 0 aromatic rings. The molecule has 0 unspecified atom stereocenters. The molecule has 0 aromatic carbocycles. The number of alkyl halides is 1. The summed E-state index contributed by atoms with van der Waals surface area (Å²) in [5, 5.41) is 11.7. The Balaban J connectivity index is 2.73. The van der Waals surface area contributed by atoms with Crippen LogP contribution in [0.3, 0.4) is 0 Å². The van der Waals surface area contributed by atoms with Crippen molar-refractivity contribution in [3.8, 4) is 0 Å². The molecule has 14 heteroatoms. The van der Waals surface area contributed by atoms with E-state index in [0.29, 0.717) is 17.3 Å². The van der Waals surface area contributed by atoms with Crippen molar-refractivity contribution in [2.45, 2.75) is 129 Å². The number of aliphatic hydroxyl groups excluding tert-OH is 1. The summed E-state index contributed by atoms with van der Waals surface area (Å²) >= 11 is 2.26. The van der Waals surface area contributed by atoms with Gasteiger partial charge in [0.25, 0.3) is 0 Å². The Morgan fingerprint density at radius 2 is 1.63 bits per heavy atom. The van der Waals surface area contributed by atoms with Gasteiger partial charge in [-0.15, -0.1) is 0 Å². The third-order valence-electron chi connectivity index (χ3n) is 9.70. The molecule has 0 spiro atoms. The van der Waals surface area contributed by atoms with Crippen LogP contribution < -0.4 is 0 Å². The van der Waals surface area contributed by atoms with E-state index in [-0.39, 0.29) is 24.5 Å². The molecule has 1 saturated heterocycles. The molecule has 2 aliphatic rings. The Morgan fingerprint density at radius 3 is 2.16 bits per heavy atom. The van der Waals surface area contributed by atoms with Gasteiger partial charge in [0.15, 0.2) is 24.5 Å². The van der Waals surface area contributed by atoms with Crippen molar-refractivity contribution in [2.24, 2.45) is 23.7 Å². The summed E-state index contributed by atoms with van der Waals surface area (Å²) in [5.74, 6) is -3.58. The van der Waals surface area contributed by atoms with Crippen LogP contribution in [0.4, 0.5) is 0 Å². The SMILES string of the molecule is CC[C@H]1OC(=O)C[C@@H](O)[C@H](C)[C@@H](O[C@@H]2O[C@H](C)[C@@H](OC(C)=O)[C@H](N(C)C)[C@H]2OC(C)=O)[C@@H](CC(OC)OC)C[C@@H](C)C(=O)C=CC(C)=C[C@@H]1CI. The summed E-state index contributed by atoms with van der Waals surface area (Å²) in [4.78, 5) is 53.3. The van der Waals surface area contributed by atoms with Crippen LogP contribution in [0.5, 0.6) is 0 Å². The zero-order chi connectivity index (χ0) is 38.6. The van der Waals surface area contributed by atoms with E-state index in [4.69, 9.17) is 33.2 Å². The number of aliphatic hydroxyl groups is 1. The van der Waals surface area contributed by atoms with Crippen LogP contribution in [0, 0.1) is 23.7 Å². The van der Waals surface area contributed by atoms with Crippen molar-refractivity contribution in [3.05, 3.63) is 23.8 Å². The van der Waals surface area contributed by atoms with Crippen molar-refractivity contribution < 1.29 is 57.4 Å². The minimum Gasteiger partial charge on any atom is -0.462 e. The minimum absolute atomic E-state index is 0.0937. The highest BCUT2D eigenvalue weighted by molar-refractivity contribution is 14.1. The first-order valence-electron chi connectivity index (χ1n) is 17.7. The van der Waals surface area contributed by atoms with Gasteiger partial charge < -0.3 is 38.3 Å². The normalized spacial score (nSPS) is 34.6. The summed E-state index contributed by atoms with van der Waals surface area (Å²) in [7, 11) is 6.55. The Morgan fingerprint density at radius 1 is 1.02 bits per heavy atom. The molecular formula is C37H60INO12. The highest BCUT2D eigenvalue weighted by Gasteiger charge is 2.51. The van der Waals surface area contributed by atoms with Gasteiger partial charge >= 0.3 is 17.9 Å². The van der Waals surface area contributed by atoms with E-state index in [0.717, 1.165) is 5.57 Å². The number of likely N-dealkylation sites (N-methyl/N-ethyl adjacent to an activating group) is 1. The van der Waals surface area contributed by atoms with Crippen molar-refractivity contribution in [1.29, 1.82) is 0 Å². The standard InChI is InChI=1S/C37H60INO12/c1-12-30-27(19-38)15-20(2)13-14-28(42)21(3)16-26(17-32(45-10)46-11)34(22(4)29(43)18-31(44)50-30)51-37-36(49-25(7)41)33(39(8)9)35(23(5)47-37)48-24(6)40/h13-15,21-23,26-27,29-30,32-37,43H,12,16-19H2,1-11H3/t21-,22+,23-,26-,27-,29-,30-,33+,34-,35-,36-,37+/m1/s1. The number of cyclic esters (lactones) is 1. The number of carbonyl (C=O) groups excluding carboxylic acids is 4. The first kappa shape index (κ1) is 45.2. The van der Waals surface area contributed by atoms with Gasteiger partial charge in [0.1, 0.15) is 12.2 Å². The number of nitrogens with zero attached hydrogens (tertiary/aromatic N) is 1. The molecule has 2 aliphatic heterocycles. The first-order valence-corrected chi connectivity index (χ1v) is 19.2. The number of esters is 3. The second-order valence-corrected chi connectivity index (χ2v) is 14.9. The van der Waals surface area contributed by atoms with Gasteiger partial charge in [0.05, 0.1) is 30.8 Å². The van der Waals surface area contributed by atoms with Gasteiger partial charge in [-0.25, -0.2) is 0 Å². The van der Waals surface area contributed by atoms with E-state index >= 15 is 0 Å². The van der Waals surface area contributed by atoms with Gasteiger partial charge in [0, 0.05) is 56.7 Å². The maximum absolute atomic E-state index is 13.6. The molecule has 0 amide bonds. The molecular weight excluding hydrogens is 777 g/mol. The molecule has 0 aliphatic carbocycles. The molecule has 2 rings (SSSR count). The number of methoxy groups -OCH3 is 2. The minimum atomic E-state index is -1.23. The van der Waals surface area contributed by atoms with E-state index in [1.54, 1.807) is 45.0 Å². The van der Waals surface area contributed by atoms with Gasteiger partial charge in [-0.05, 0) is 52.8 Å². The summed E-state index contributed by atoms with van der Waals surface area (Å²) in [5.41, 5.74) is 0.867. The predicted molar refractivity (Wildman–Crippen MR) is 198 cm³/mol. The maximum atomic E-state index is 13.6. The fraction of sp³-hybridized carbons (Fsp3) is 0.784. The van der Waals surface area contributed by atoms with Gasteiger partial charge in [0.2, 0.25) is 0 Å². The van der Waals surface area contributed by atoms with Crippen molar-refractivity contribution in [3.63, 3.8) is 0 Å². The largest absolute Gasteiger partial charge is 0.462 e. The van der Waals surface area contributed by atoms with Gasteiger partial charge in [-0.2, -0.15) is 0 Å². The van der Waals surface area contributed by atoms with Crippen molar-refractivity contribution in [1.82, 2.24) is 4.90 Å². The van der Waals surface area contributed by atoms with Crippen LogP contribution in [0.25, 0.3) is 0 Å². The molecule has 0 aromatic heterocycles. The zero-order valence-electron chi connectivity index (χ0n) is 32.0. The van der Waals surface area contributed by atoms with Crippen LogP contribution in [0.2, 0.25) is 0 Å². The van der Waals surface area contributed by atoms with E-state index < -0.39 is 90.9 Å². The van der Waals surface area contributed by atoms with E-state index in [1.165, 1.54) is 28.1 Å².